The van der Waals surface area contributed by atoms with Crippen molar-refractivity contribution < 1.29 is 9.59 Å². The summed E-state index contributed by atoms with van der Waals surface area (Å²) < 4.78 is 0. The van der Waals surface area contributed by atoms with Gasteiger partial charge in [0, 0.05) is 31.0 Å². The van der Waals surface area contributed by atoms with E-state index in [0.29, 0.717) is 33.8 Å². The smallest absolute Gasteiger partial charge is 0.258 e. The average Bonchev–Trinajstić information content (AvgIpc) is 3.45. The Hall–Kier alpha value is -3.84. The van der Waals surface area contributed by atoms with Crippen molar-refractivity contribution in [3.63, 3.8) is 0 Å². The Labute approximate surface area is 210 Å². The molecule has 7 nitrogen and oxygen atoms in total. The van der Waals surface area contributed by atoms with E-state index in [1.807, 2.05) is 50.2 Å². The van der Waals surface area contributed by atoms with Crippen molar-refractivity contribution in [2.75, 3.05) is 29.6 Å². The predicted molar refractivity (Wildman–Crippen MR) is 143 cm³/mol. The summed E-state index contributed by atoms with van der Waals surface area (Å²) in [5.74, 6) is 0.130. The highest BCUT2D eigenvalue weighted by atomic mass is 35.5. The first-order valence-electron chi connectivity index (χ1n) is 11.4. The number of nitrogens with one attached hydrogen (secondary N) is 3. The number of imidazole rings is 1. The number of carbonyl (C=O) groups excluding carboxylic acids is 2. The number of hydrogen-bond acceptors (Lipinski definition) is 4. The number of rotatable bonds is 5. The maximum Gasteiger partial charge on any atom is 0.258 e. The average molecular weight is 490 g/mol. The van der Waals surface area contributed by atoms with Crippen molar-refractivity contribution in [3.8, 4) is 0 Å². The molecule has 0 saturated heterocycles. The molecule has 8 heteroatoms. The summed E-state index contributed by atoms with van der Waals surface area (Å²) >= 11 is 0. The molecule has 1 heterocycles. The van der Waals surface area contributed by atoms with Gasteiger partial charge in [-0.25, -0.2) is 4.98 Å². The van der Waals surface area contributed by atoms with Crippen LogP contribution >= 0.6 is 12.4 Å². The Bertz CT molecular complexity index is 1430. The SMILES string of the molecule is Cc1ccccc1C(=O)Nc1cc(C(=O)Nc2ccc3c(c2)CCC3)c2nc(N(C)C)[nH]c2c1.Cl. The molecule has 2 amide bonds. The lowest BCUT2D eigenvalue weighted by molar-refractivity contribution is 0.101. The van der Waals surface area contributed by atoms with Crippen LogP contribution in [0.5, 0.6) is 0 Å². The van der Waals surface area contributed by atoms with Gasteiger partial charge in [-0.3, -0.25) is 9.59 Å². The minimum atomic E-state index is -0.272. The highest BCUT2D eigenvalue weighted by Crippen LogP contribution is 2.28. The highest BCUT2D eigenvalue weighted by Gasteiger charge is 2.19. The number of aromatic amines is 1. The second kappa shape index (κ2) is 9.80. The summed E-state index contributed by atoms with van der Waals surface area (Å²) in [6.45, 7) is 1.89. The van der Waals surface area contributed by atoms with Crippen molar-refractivity contribution >= 4 is 52.6 Å². The first kappa shape index (κ1) is 24.3. The number of H-pyrrole nitrogens is 1. The van der Waals surface area contributed by atoms with Crippen molar-refractivity contribution in [2.45, 2.75) is 26.2 Å². The van der Waals surface area contributed by atoms with Gasteiger partial charge in [0.1, 0.15) is 5.52 Å². The predicted octanol–water partition coefficient (Wildman–Crippen LogP) is 5.35. The number of nitrogens with zero attached hydrogens (tertiary/aromatic N) is 2. The van der Waals surface area contributed by atoms with Crippen LogP contribution in [-0.2, 0) is 12.8 Å². The molecule has 1 aliphatic rings. The second-order valence-corrected chi connectivity index (χ2v) is 8.94. The zero-order valence-electron chi connectivity index (χ0n) is 19.9. The number of halogens is 1. The topological polar surface area (TPSA) is 90.1 Å². The number of hydrogen-bond donors (Lipinski definition) is 3. The number of aromatic nitrogens is 2. The lowest BCUT2D eigenvalue weighted by Gasteiger charge is -2.11. The van der Waals surface area contributed by atoms with Gasteiger partial charge in [0.25, 0.3) is 11.8 Å². The van der Waals surface area contributed by atoms with Crippen LogP contribution in [0, 0.1) is 6.92 Å². The Kier molecular flexibility index (Phi) is 6.80. The summed E-state index contributed by atoms with van der Waals surface area (Å²) in [4.78, 5) is 36.0. The monoisotopic (exact) mass is 489 g/mol. The van der Waals surface area contributed by atoms with Crippen molar-refractivity contribution in [2.24, 2.45) is 0 Å². The van der Waals surface area contributed by atoms with Crippen LogP contribution in [0.15, 0.2) is 54.6 Å². The van der Waals surface area contributed by atoms with Crippen LogP contribution in [0.1, 0.15) is 43.8 Å². The third-order valence-corrected chi connectivity index (χ3v) is 6.25. The van der Waals surface area contributed by atoms with Gasteiger partial charge in [0.15, 0.2) is 0 Å². The number of fused-ring (bicyclic) bond motifs is 2. The van der Waals surface area contributed by atoms with E-state index in [2.05, 4.69) is 32.7 Å². The minimum Gasteiger partial charge on any atom is -0.349 e. The molecule has 0 unspecified atom stereocenters. The maximum atomic E-state index is 13.4. The van der Waals surface area contributed by atoms with E-state index in [4.69, 9.17) is 0 Å². The molecule has 0 bridgehead atoms. The number of carbonyl (C=O) groups is 2. The quantitative estimate of drug-likeness (QED) is 0.352. The van der Waals surface area contributed by atoms with Gasteiger partial charge in [-0.1, -0.05) is 24.3 Å². The Balaban J connectivity index is 0.00000289. The molecule has 1 aliphatic carbocycles. The lowest BCUT2D eigenvalue weighted by Crippen LogP contribution is -2.16. The fraction of sp³-hybridized carbons (Fsp3) is 0.222. The van der Waals surface area contributed by atoms with E-state index in [9.17, 15) is 9.59 Å². The third kappa shape index (κ3) is 4.86. The molecule has 35 heavy (non-hydrogen) atoms. The van der Waals surface area contributed by atoms with Crippen molar-refractivity contribution in [1.29, 1.82) is 0 Å². The molecule has 5 rings (SSSR count). The Morgan fingerprint density at radius 1 is 0.886 bits per heavy atom. The van der Waals surface area contributed by atoms with Crippen LogP contribution in [0.2, 0.25) is 0 Å². The summed E-state index contributed by atoms with van der Waals surface area (Å²) in [6.07, 6.45) is 3.28. The molecule has 3 N–H and O–H groups in total. The zero-order valence-corrected chi connectivity index (χ0v) is 20.8. The van der Waals surface area contributed by atoms with Crippen LogP contribution in [0.3, 0.4) is 0 Å². The largest absolute Gasteiger partial charge is 0.349 e. The summed E-state index contributed by atoms with van der Waals surface area (Å²) in [5.41, 5.74) is 7.01. The molecule has 0 atom stereocenters. The van der Waals surface area contributed by atoms with E-state index in [-0.39, 0.29) is 24.2 Å². The molecule has 3 aromatic carbocycles. The lowest BCUT2D eigenvalue weighted by atomic mass is 10.1. The van der Waals surface area contributed by atoms with Crippen LogP contribution in [0.25, 0.3) is 11.0 Å². The van der Waals surface area contributed by atoms with Gasteiger partial charge >= 0.3 is 0 Å². The molecular weight excluding hydrogens is 462 g/mol. The Morgan fingerprint density at radius 2 is 1.60 bits per heavy atom. The van der Waals surface area contributed by atoms with E-state index < -0.39 is 0 Å². The van der Waals surface area contributed by atoms with E-state index in [1.54, 1.807) is 18.2 Å². The number of anilines is 3. The highest BCUT2D eigenvalue weighted by molar-refractivity contribution is 6.14. The normalized spacial score (nSPS) is 12.1. The van der Waals surface area contributed by atoms with E-state index >= 15 is 0 Å². The fourth-order valence-corrected chi connectivity index (χ4v) is 4.44. The Morgan fingerprint density at radius 3 is 2.37 bits per heavy atom. The fourth-order valence-electron chi connectivity index (χ4n) is 4.44. The number of amides is 2. The van der Waals surface area contributed by atoms with Gasteiger partial charge in [-0.15, -0.1) is 12.4 Å². The molecule has 0 saturated carbocycles. The maximum absolute atomic E-state index is 13.4. The zero-order chi connectivity index (χ0) is 23.8. The molecule has 180 valence electrons. The second-order valence-electron chi connectivity index (χ2n) is 8.94. The number of aryl methyl sites for hydroxylation is 3. The summed E-state index contributed by atoms with van der Waals surface area (Å²) in [6, 6.07) is 17.0. The first-order valence-corrected chi connectivity index (χ1v) is 11.4. The van der Waals surface area contributed by atoms with Gasteiger partial charge in [-0.2, -0.15) is 0 Å². The van der Waals surface area contributed by atoms with Crippen LogP contribution in [0.4, 0.5) is 17.3 Å². The van der Waals surface area contributed by atoms with Gasteiger partial charge in [0.05, 0.1) is 11.1 Å². The molecule has 0 fully saturated rings. The third-order valence-electron chi connectivity index (χ3n) is 6.25. The first-order chi connectivity index (χ1) is 16.4. The molecule has 0 aliphatic heterocycles. The van der Waals surface area contributed by atoms with E-state index in [0.717, 1.165) is 30.5 Å². The molecule has 0 radical (unpaired) electrons. The van der Waals surface area contributed by atoms with Crippen molar-refractivity contribution in [3.05, 3.63) is 82.4 Å². The van der Waals surface area contributed by atoms with Crippen LogP contribution in [-0.4, -0.2) is 35.9 Å². The van der Waals surface area contributed by atoms with Crippen molar-refractivity contribution in [1.82, 2.24) is 9.97 Å². The van der Waals surface area contributed by atoms with E-state index in [1.165, 1.54) is 11.1 Å². The van der Waals surface area contributed by atoms with Gasteiger partial charge in [0.2, 0.25) is 5.95 Å². The van der Waals surface area contributed by atoms with Gasteiger partial charge in [-0.05, 0) is 73.2 Å². The number of benzene rings is 3. The minimum absolute atomic E-state index is 0. The molecule has 0 spiro atoms. The molecule has 1 aromatic heterocycles. The van der Waals surface area contributed by atoms with Gasteiger partial charge < -0.3 is 20.5 Å². The summed E-state index contributed by atoms with van der Waals surface area (Å²) in [7, 11) is 3.76. The molecular formula is C27H28ClN5O2. The summed E-state index contributed by atoms with van der Waals surface area (Å²) in [5, 5.41) is 5.96. The standard InChI is InChI=1S/C27H27N5O2.ClH/c1-16-7-4-5-10-21(16)25(33)29-20-14-22(24-23(15-20)30-27(31-24)32(2)3)26(34)28-19-12-11-17-8-6-9-18(17)13-19;/h4-5,7,10-15H,6,8-9H2,1-3H3,(H,28,34)(H,29,33)(H,30,31);1H. The molecule has 4 aromatic rings. The van der Waals surface area contributed by atoms with Crippen LogP contribution < -0.4 is 15.5 Å².